The minimum atomic E-state index is 0.233. The standard InChI is InChI=1S/C11H22O2/c1-10(2)8-13-7-6-11(9-12)4-3-5-11/h10,12H,3-9H2,1-2H3. The number of hydrogen-bond acceptors (Lipinski definition) is 2. The SMILES string of the molecule is CC(C)COCCC1(CO)CCC1. The second-order valence-corrected chi connectivity index (χ2v) is 4.73. The summed E-state index contributed by atoms with van der Waals surface area (Å²) in [5, 5.41) is 9.19. The topological polar surface area (TPSA) is 29.5 Å². The lowest BCUT2D eigenvalue weighted by molar-refractivity contribution is -0.000450. The Balaban J connectivity index is 2.04. The van der Waals surface area contributed by atoms with E-state index in [-0.39, 0.29) is 5.41 Å². The number of aliphatic hydroxyl groups excluding tert-OH is 1. The van der Waals surface area contributed by atoms with Gasteiger partial charge in [0.2, 0.25) is 0 Å². The largest absolute Gasteiger partial charge is 0.396 e. The lowest BCUT2D eigenvalue weighted by Crippen LogP contribution is -2.34. The predicted octanol–water partition coefficient (Wildman–Crippen LogP) is 2.21. The molecule has 0 aliphatic heterocycles. The maximum atomic E-state index is 9.19. The second-order valence-electron chi connectivity index (χ2n) is 4.73. The normalized spacial score (nSPS) is 20.3. The minimum Gasteiger partial charge on any atom is -0.396 e. The highest BCUT2D eigenvalue weighted by Crippen LogP contribution is 2.43. The molecule has 0 aromatic rings. The Hall–Kier alpha value is -0.0800. The molecule has 2 nitrogen and oxygen atoms in total. The molecule has 1 fully saturated rings. The third-order valence-electron chi connectivity index (χ3n) is 2.98. The van der Waals surface area contributed by atoms with Gasteiger partial charge in [-0.2, -0.15) is 0 Å². The monoisotopic (exact) mass is 186 g/mol. The van der Waals surface area contributed by atoms with Gasteiger partial charge < -0.3 is 9.84 Å². The van der Waals surface area contributed by atoms with Gasteiger partial charge in [-0.25, -0.2) is 0 Å². The van der Waals surface area contributed by atoms with Gasteiger partial charge in [0.15, 0.2) is 0 Å². The van der Waals surface area contributed by atoms with Crippen LogP contribution in [0.5, 0.6) is 0 Å². The molecule has 13 heavy (non-hydrogen) atoms. The molecule has 0 spiro atoms. The van der Waals surface area contributed by atoms with Crippen LogP contribution < -0.4 is 0 Å². The van der Waals surface area contributed by atoms with Crippen LogP contribution in [0.2, 0.25) is 0 Å². The summed E-state index contributed by atoms with van der Waals surface area (Å²) in [6, 6.07) is 0. The number of hydrogen-bond donors (Lipinski definition) is 1. The number of rotatable bonds is 6. The third kappa shape index (κ3) is 3.28. The fraction of sp³-hybridized carbons (Fsp3) is 1.00. The van der Waals surface area contributed by atoms with E-state index in [4.69, 9.17) is 4.74 Å². The predicted molar refractivity (Wildman–Crippen MR) is 53.6 cm³/mol. The Morgan fingerprint density at radius 1 is 1.38 bits per heavy atom. The van der Waals surface area contributed by atoms with E-state index >= 15 is 0 Å². The van der Waals surface area contributed by atoms with Crippen molar-refractivity contribution in [2.45, 2.75) is 39.5 Å². The van der Waals surface area contributed by atoms with Crippen molar-refractivity contribution < 1.29 is 9.84 Å². The zero-order valence-corrected chi connectivity index (χ0v) is 8.88. The molecule has 0 amide bonds. The molecule has 0 radical (unpaired) electrons. The van der Waals surface area contributed by atoms with Crippen molar-refractivity contribution in [1.82, 2.24) is 0 Å². The van der Waals surface area contributed by atoms with Crippen molar-refractivity contribution >= 4 is 0 Å². The zero-order valence-electron chi connectivity index (χ0n) is 8.88. The van der Waals surface area contributed by atoms with Crippen LogP contribution in [-0.2, 0) is 4.74 Å². The van der Waals surface area contributed by atoms with Gasteiger partial charge in [-0.1, -0.05) is 20.3 Å². The summed E-state index contributed by atoms with van der Waals surface area (Å²) in [6.45, 7) is 6.33. The lowest BCUT2D eigenvalue weighted by Gasteiger charge is -2.40. The lowest BCUT2D eigenvalue weighted by atomic mass is 9.67. The molecule has 0 bridgehead atoms. The van der Waals surface area contributed by atoms with Crippen LogP contribution in [0, 0.1) is 11.3 Å². The Morgan fingerprint density at radius 3 is 2.46 bits per heavy atom. The molecule has 1 saturated carbocycles. The van der Waals surface area contributed by atoms with E-state index in [9.17, 15) is 5.11 Å². The van der Waals surface area contributed by atoms with E-state index in [0.29, 0.717) is 12.5 Å². The van der Waals surface area contributed by atoms with Gasteiger partial charge in [-0.15, -0.1) is 0 Å². The summed E-state index contributed by atoms with van der Waals surface area (Å²) in [5.74, 6) is 0.617. The quantitative estimate of drug-likeness (QED) is 0.644. The first kappa shape index (κ1) is 11.0. The first-order valence-electron chi connectivity index (χ1n) is 5.37. The van der Waals surface area contributed by atoms with Gasteiger partial charge in [0.1, 0.15) is 0 Å². The molecule has 0 aromatic carbocycles. The van der Waals surface area contributed by atoms with Crippen molar-refractivity contribution in [1.29, 1.82) is 0 Å². The van der Waals surface area contributed by atoms with Crippen molar-refractivity contribution in [3.63, 3.8) is 0 Å². The average molecular weight is 186 g/mol. The number of aliphatic hydroxyl groups is 1. The Kier molecular flexibility index (Phi) is 4.20. The Morgan fingerprint density at radius 2 is 2.08 bits per heavy atom. The molecule has 1 N–H and O–H groups in total. The Labute approximate surface area is 81.3 Å². The first-order chi connectivity index (χ1) is 6.18. The summed E-state index contributed by atoms with van der Waals surface area (Å²) in [4.78, 5) is 0. The summed E-state index contributed by atoms with van der Waals surface area (Å²) < 4.78 is 5.52. The summed E-state index contributed by atoms with van der Waals surface area (Å²) in [6.07, 6.45) is 4.70. The molecule has 0 unspecified atom stereocenters. The van der Waals surface area contributed by atoms with E-state index in [1.54, 1.807) is 0 Å². The van der Waals surface area contributed by atoms with Gasteiger partial charge in [0, 0.05) is 19.8 Å². The van der Waals surface area contributed by atoms with E-state index in [2.05, 4.69) is 13.8 Å². The van der Waals surface area contributed by atoms with E-state index in [1.807, 2.05) is 0 Å². The minimum absolute atomic E-state index is 0.233. The van der Waals surface area contributed by atoms with Crippen LogP contribution in [0.3, 0.4) is 0 Å². The maximum Gasteiger partial charge on any atom is 0.0488 e. The van der Waals surface area contributed by atoms with E-state index < -0.39 is 0 Å². The van der Waals surface area contributed by atoms with Gasteiger partial charge in [-0.05, 0) is 30.6 Å². The van der Waals surface area contributed by atoms with Gasteiger partial charge in [-0.3, -0.25) is 0 Å². The molecule has 0 aromatic heterocycles. The highest BCUT2D eigenvalue weighted by molar-refractivity contribution is 4.86. The van der Waals surface area contributed by atoms with E-state index in [1.165, 1.54) is 19.3 Å². The first-order valence-corrected chi connectivity index (χ1v) is 5.37. The van der Waals surface area contributed by atoms with Gasteiger partial charge >= 0.3 is 0 Å². The van der Waals surface area contributed by atoms with Crippen molar-refractivity contribution in [2.75, 3.05) is 19.8 Å². The zero-order chi connectivity index (χ0) is 9.73. The maximum absolute atomic E-state index is 9.19. The molecule has 0 atom stereocenters. The van der Waals surface area contributed by atoms with Crippen LogP contribution in [0.15, 0.2) is 0 Å². The highest BCUT2D eigenvalue weighted by atomic mass is 16.5. The van der Waals surface area contributed by atoms with Crippen LogP contribution >= 0.6 is 0 Å². The van der Waals surface area contributed by atoms with Crippen LogP contribution in [0.1, 0.15) is 39.5 Å². The second kappa shape index (κ2) is 4.97. The molecular weight excluding hydrogens is 164 g/mol. The molecular formula is C11H22O2. The summed E-state index contributed by atoms with van der Waals surface area (Å²) >= 11 is 0. The summed E-state index contributed by atoms with van der Waals surface area (Å²) in [5.41, 5.74) is 0.233. The van der Waals surface area contributed by atoms with Crippen LogP contribution in [0.4, 0.5) is 0 Å². The van der Waals surface area contributed by atoms with Crippen molar-refractivity contribution in [3.8, 4) is 0 Å². The molecule has 1 aliphatic rings. The highest BCUT2D eigenvalue weighted by Gasteiger charge is 2.35. The molecule has 1 aliphatic carbocycles. The average Bonchev–Trinajstić information content (AvgIpc) is 2.01. The van der Waals surface area contributed by atoms with Gasteiger partial charge in [0.25, 0.3) is 0 Å². The molecule has 0 saturated heterocycles. The Bertz CT molecular complexity index is 134. The fourth-order valence-corrected chi connectivity index (χ4v) is 1.77. The number of ether oxygens (including phenoxy) is 1. The van der Waals surface area contributed by atoms with Crippen molar-refractivity contribution in [3.05, 3.63) is 0 Å². The smallest absolute Gasteiger partial charge is 0.0488 e. The van der Waals surface area contributed by atoms with Crippen molar-refractivity contribution in [2.24, 2.45) is 11.3 Å². The van der Waals surface area contributed by atoms with E-state index in [0.717, 1.165) is 19.6 Å². The molecule has 0 heterocycles. The van der Waals surface area contributed by atoms with Crippen LogP contribution in [0.25, 0.3) is 0 Å². The van der Waals surface area contributed by atoms with Gasteiger partial charge in [0.05, 0.1) is 0 Å². The third-order valence-corrected chi connectivity index (χ3v) is 2.98. The summed E-state index contributed by atoms with van der Waals surface area (Å²) in [7, 11) is 0. The molecule has 78 valence electrons. The molecule has 1 rings (SSSR count). The fourth-order valence-electron chi connectivity index (χ4n) is 1.77. The van der Waals surface area contributed by atoms with Crippen LogP contribution in [-0.4, -0.2) is 24.9 Å². The molecule has 2 heteroatoms.